The van der Waals surface area contributed by atoms with Gasteiger partial charge < -0.3 is 14.5 Å². The summed E-state index contributed by atoms with van der Waals surface area (Å²) in [4.78, 5) is 11.3. The lowest BCUT2D eigenvalue weighted by molar-refractivity contribution is 0.0599. The van der Waals surface area contributed by atoms with Gasteiger partial charge in [-0.3, -0.25) is 0 Å². The molecule has 0 fully saturated rings. The lowest BCUT2D eigenvalue weighted by atomic mass is 10.2. The SMILES string of the molecule is COC(=O)c1cc(CNCC(C)C)oc1C. The highest BCUT2D eigenvalue weighted by Gasteiger charge is 2.14. The smallest absolute Gasteiger partial charge is 0.341 e. The van der Waals surface area contributed by atoms with Crippen LogP contribution in [0.25, 0.3) is 0 Å². The van der Waals surface area contributed by atoms with Crippen molar-refractivity contribution in [1.29, 1.82) is 0 Å². The third-order valence-corrected chi connectivity index (χ3v) is 2.23. The average Bonchev–Trinajstić information content (AvgIpc) is 2.58. The first kappa shape index (κ1) is 12.8. The van der Waals surface area contributed by atoms with Crippen molar-refractivity contribution in [3.05, 3.63) is 23.2 Å². The summed E-state index contributed by atoms with van der Waals surface area (Å²) in [6.45, 7) is 7.60. The van der Waals surface area contributed by atoms with Crippen LogP contribution in [0.3, 0.4) is 0 Å². The zero-order valence-electron chi connectivity index (χ0n) is 10.3. The summed E-state index contributed by atoms with van der Waals surface area (Å²) in [5.41, 5.74) is 0.504. The Morgan fingerprint density at radius 1 is 1.56 bits per heavy atom. The van der Waals surface area contributed by atoms with Crippen molar-refractivity contribution in [3.8, 4) is 0 Å². The molecule has 0 aromatic carbocycles. The molecule has 1 rings (SSSR count). The van der Waals surface area contributed by atoms with Crippen molar-refractivity contribution in [3.63, 3.8) is 0 Å². The minimum absolute atomic E-state index is 0.351. The van der Waals surface area contributed by atoms with E-state index >= 15 is 0 Å². The van der Waals surface area contributed by atoms with E-state index in [1.165, 1.54) is 7.11 Å². The maximum absolute atomic E-state index is 11.3. The molecule has 0 spiro atoms. The molecule has 0 saturated heterocycles. The van der Waals surface area contributed by atoms with E-state index in [1.807, 2.05) is 0 Å². The number of carbonyl (C=O) groups is 1. The summed E-state index contributed by atoms with van der Waals surface area (Å²) in [7, 11) is 1.37. The van der Waals surface area contributed by atoms with E-state index in [1.54, 1.807) is 13.0 Å². The van der Waals surface area contributed by atoms with Gasteiger partial charge in [0.15, 0.2) is 0 Å². The summed E-state index contributed by atoms with van der Waals surface area (Å²) < 4.78 is 10.1. The van der Waals surface area contributed by atoms with Gasteiger partial charge in [0.25, 0.3) is 0 Å². The van der Waals surface area contributed by atoms with Crippen LogP contribution in [0.15, 0.2) is 10.5 Å². The summed E-state index contributed by atoms with van der Waals surface area (Å²) in [6.07, 6.45) is 0. The second-order valence-corrected chi connectivity index (χ2v) is 4.20. The highest BCUT2D eigenvalue weighted by atomic mass is 16.5. The maximum atomic E-state index is 11.3. The van der Waals surface area contributed by atoms with Crippen LogP contribution in [-0.2, 0) is 11.3 Å². The Hall–Kier alpha value is -1.29. The molecule has 0 atom stereocenters. The number of ether oxygens (including phenoxy) is 1. The Labute approximate surface area is 96.0 Å². The topological polar surface area (TPSA) is 51.5 Å². The summed E-state index contributed by atoms with van der Waals surface area (Å²) >= 11 is 0. The van der Waals surface area contributed by atoms with Gasteiger partial charge in [-0.1, -0.05) is 13.8 Å². The molecule has 1 aromatic rings. The summed E-state index contributed by atoms with van der Waals surface area (Å²) in [6, 6.07) is 1.73. The molecule has 0 bridgehead atoms. The fourth-order valence-corrected chi connectivity index (χ4v) is 1.43. The number of furan rings is 1. The molecular formula is C12H19NO3. The number of nitrogens with one attached hydrogen (secondary N) is 1. The Kier molecular flexibility index (Phi) is 4.55. The van der Waals surface area contributed by atoms with E-state index in [9.17, 15) is 4.79 Å². The largest absolute Gasteiger partial charge is 0.465 e. The summed E-state index contributed by atoms with van der Waals surface area (Å²) in [5, 5.41) is 3.25. The van der Waals surface area contributed by atoms with E-state index in [-0.39, 0.29) is 5.97 Å². The van der Waals surface area contributed by atoms with E-state index in [4.69, 9.17) is 4.42 Å². The average molecular weight is 225 g/mol. The molecular weight excluding hydrogens is 206 g/mol. The zero-order valence-corrected chi connectivity index (χ0v) is 10.3. The molecule has 90 valence electrons. The normalized spacial score (nSPS) is 10.8. The number of hydrogen-bond acceptors (Lipinski definition) is 4. The molecule has 0 radical (unpaired) electrons. The third-order valence-electron chi connectivity index (χ3n) is 2.23. The lowest BCUT2D eigenvalue weighted by Gasteiger charge is -2.04. The highest BCUT2D eigenvalue weighted by molar-refractivity contribution is 5.90. The molecule has 0 unspecified atom stereocenters. The minimum atomic E-state index is -0.351. The fourth-order valence-electron chi connectivity index (χ4n) is 1.43. The quantitative estimate of drug-likeness (QED) is 0.780. The minimum Gasteiger partial charge on any atom is -0.465 e. The number of methoxy groups -OCH3 is 1. The first-order valence-corrected chi connectivity index (χ1v) is 5.43. The fraction of sp³-hybridized carbons (Fsp3) is 0.583. The van der Waals surface area contributed by atoms with E-state index < -0.39 is 0 Å². The first-order valence-electron chi connectivity index (χ1n) is 5.43. The Morgan fingerprint density at radius 2 is 2.25 bits per heavy atom. The molecule has 0 amide bonds. The number of carbonyl (C=O) groups excluding carboxylic acids is 1. The van der Waals surface area contributed by atoms with Crippen LogP contribution >= 0.6 is 0 Å². The molecule has 4 heteroatoms. The van der Waals surface area contributed by atoms with Gasteiger partial charge in [-0.05, 0) is 25.5 Å². The van der Waals surface area contributed by atoms with Gasteiger partial charge in [0.05, 0.1) is 13.7 Å². The lowest BCUT2D eigenvalue weighted by Crippen LogP contribution is -2.18. The number of esters is 1. The van der Waals surface area contributed by atoms with Crippen LogP contribution < -0.4 is 5.32 Å². The van der Waals surface area contributed by atoms with Crippen LogP contribution in [0.2, 0.25) is 0 Å². The highest BCUT2D eigenvalue weighted by Crippen LogP contribution is 2.15. The van der Waals surface area contributed by atoms with Crippen molar-refractivity contribution in [2.24, 2.45) is 5.92 Å². The van der Waals surface area contributed by atoms with Gasteiger partial charge in [-0.15, -0.1) is 0 Å². The molecule has 0 aliphatic rings. The van der Waals surface area contributed by atoms with Crippen molar-refractivity contribution >= 4 is 5.97 Å². The Morgan fingerprint density at radius 3 is 2.81 bits per heavy atom. The van der Waals surface area contributed by atoms with Crippen LogP contribution in [0.4, 0.5) is 0 Å². The van der Waals surface area contributed by atoms with E-state index in [2.05, 4.69) is 23.9 Å². The number of hydrogen-bond donors (Lipinski definition) is 1. The Bertz CT molecular complexity index is 355. The first-order chi connectivity index (χ1) is 7.54. The van der Waals surface area contributed by atoms with Gasteiger partial charge >= 0.3 is 5.97 Å². The van der Waals surface area contributed by atoms with Gasteiger partial charge in [0, 0.05) is 0 Å². The molecule has 16 heavy (non-hydrogen) atoms. The van der Waals surface area contributed by atoms with Gasteiger partial charge in [-0.25, -0.2) is 4.79 Å². The Balaban J connectivity index is 2.59. The van der Waals surface area contributed by atoms with Crippen molar-refractivity contribution in [2.45, 2.75) is 27.3 Å². The zero-order chi connectivity index (χ0) is 12.1. The maximum Gasteiger partial charge on any atom is 0.341 e. The van der Waals surface area contributed by atoms with Crippen molar-refractivity contribution < 1.29 is 13.9 Å². The predicted octanol–water partition coefficient (Wildman–Crippen LogP) is 2.12. The second kappa shape index (κ2) is 5.70. The standard InChI is InChI=1S/C12H19NO3/c1-8(2)6-13-7-10-5-11(9(3)16-10)12(14)15-4/h5,8,13H,6-7H2,1-4H3. The van der Waals surface area contributed by atoms with Crippen molar-refractivity contribution in [1.82, 2.24) is 5.32 Å². The second-order valence-electron chi connectivity index (χ2n) is 4.20. The monoisotopic (exact) mass is 225 g/mol. The summed E-state index contributed by atoms with van der Waals surface area (Å²) in [5.74, 6) is 1.61. The van der Waals surface area contributed by atoms with Gasteiger partial charge in [0.1, 0.15) is 17.1 Å². The van der Waals surface area contributed by atoms with Crippen LogP contribution in [0.1, 0.15) is 35.7 Å². The van der Waals surface area contributed by atoms with Crippen LogP contribution in [-0.4, -0.2) is 19.6 Å². The molecule has 1 heterocycles. The molecule has 1 aromatic heterocycles. The molecule has 0 aliphatic heterocycles. The van der Waals surface area contributed by atoms with Gasteiger partial charge in [0.2, 0.25) is 0 Å². The van der Waals surface area contributed by atoms with Gasteiger partial charge in [-0.2, -0.15) is 0 Å². The molecule has 4 nitrogen and oxygen atoms in total. The van der Waals surface area contributed by atoms with Crippen LogP contribution in [0.5, 0.6) is 0 Å². The molecule has 0 aliphatic carbocycles. The predicted molar refractivity (Wildman–Crippen MR) is 61.3 cm³/mol. The van der Waals surface area contributed by atoms with E-state index in [0.29, 0.717) is 23.8 Å². The molecule has 1 N–H and O–H groups in total. The molecule has 0 saturated carbocycles. The van der Waals surface area contributed by atoms with Crippen molar-refractivity contribution in [2.75, 3.05) is 13.7 Å². The van der Waals surface area contributed by atoms with E-state index in [0.717, 1.165) is 12.3 Å². The van der Waals surface area contributed by atoms with Crippen LogP contribution in [0, 0.1) is 12.8 Å². The third kappa shape index (κ3) is 3.38. The number of aryl methyl sites for hydroxylation is 1. The number of rotatable bonds is 5.